The number of aryl methyl sites for hydroxylation is 1. The summed E-state index contributed by atoms with van der Waals surface area (Å²) in [4.78, 5) is 27.6. The Labute approximate surface area is 136 Å². The van der Waals surface area contributed by atoms with Gasteiger partial charge in [0, 0.05) is 17.3 Å². The number of esters is 1. The van der Waals surface area contributed by atoms with Gasteiger partial charge in [0.2, 0.25) is 5.91 Å². The van der Waals surface area contributed by atoms with Gasteiger partial charge in [-0.15, -0.1) is 0 Å². The minimum absolute atomic E-state index is 0.0109. The Morgan fingerprint density at radius 2 is 2.30 bits per heavy atom. The van der Waals surface area contributed by atoms with E-state index in [9.17, 15) is 9.59 Å². The molecule has 1 N–H and O–H groups in total. The molecular formula is C18H22N2O3. The average molecular weight is 314 g/mol. The maximum absolute atomic E-state index is 12.9. The van der Waals surface area contributed by atoms with Gasteiger partial charge < -0.3 is 10.1 Å². The zero-order valence-electron chi connectivity index (χ0n) is 13.6. The van der Waals surface area contributed by atoms with Gasteiger partial charge >= 0.3 is 5.97 Å². The molecule has 1 aromatic carbocycles. The summed E-state index contributed by atoms with van der Waals surface area (Å²) in [7, 11) is 0. The van der Waals surface area contributed by atoms with Gasteiger partial charge in [-0.05, 0) is 45.7 Å². The van der Waals surface area contributed by atoms with Gasteiger partial charge in [-0.25, -0.2) is 0 Å². The van der Waals surface area contributed by atoms with E-state index < -0.39 is 5.54 Å². The van der Waals surface area contributed by atoms with Crippen LogP contribution < -0.4 is 5.32 Å². The van der Waals surface area contributed by atoms with Crippen LogP contribution in [0.15, 0.2) is 18.2 Å². The summed E-state index contributed by atoms with van der Waals surface area (Å²) in [6.45, 7) is 5.12. The zero-order chi connectivity index (χ0) is 16.2. The van der Waals surface area contributed by atoms with Gasteiger partial charge in [0.1, 0.15) is 5.54 Å². The van der Waals surface area contributed by atoms with E-state index in [2.05, 4.69) is 16.3 Å². The highest BCUT2D eigenvalue weighted by molar-refractivity contribution is 6.06. The van der Waals surface area contributed by atoms with E-state index in [4.69, 9.17) is 4.74 Å². The fourth-order valence-corrected chi connectivity index (χ4v) is 4.69. The molecule has 3 aliphatic heterocycles. The lowest BCUT2D eigenvalue weighted by atomic mass is 9.84. The van der Waals surface area contributed by atoms with Crippen LogP contribution >= 0.6 is 0 Å². The number of carbonyl (C=O) groups excluding carboxylic acids is 2. The Morgan fingerprint density at radius 1 is 1.48 bits per heavy atom. The molecule has 4 rings (SSSR count). The quantitative estimate of drug-likeness (QED) is 0.850. The van der Waals surface area contributed by atoms with Gasteiger partial charge in [0.15, 0.2) is 0 Å². The monoisotopic (exact) mass is 314 g/mol. The van der Waals surface area contributed by atoms with E-state index in [1.54, 1.807) is 0 Å². The van der Waals surface area contributed by atoms with Crippen molar-refractivity contribution in [2.24, 2.45) is 5.92 Å². The molecule has 3 aliphatic rings. The summed E-state index contributed by atoms with van der Waals surface area (Å²) < 4.78 is 5.29. The van der Waals surface area contributed by atoms with E-state index in [1.165, 1.54) is 0 Å². The minimum Gasteiger partial charge on any atom is -0.466 e. The van der Waals surface area contributed by atoms with E-state index in [-0.39, 0.29) is 23.8 Å². The molecular weight excluding hydrogens is 292 g/mol. The highest BCUT2D eigenvalue weighted by Gasteiger charge is 2.63. The third kappa shape index (κ3) is 1.89. The van der Waals surface area contributed by atoms with Gasteiger partial charge in [-0.3, -0.25) is 14.5 Å². The normalized spacial score (nSPS) is 32.0. The summed E-state index contributed by atoms with van der Waals surface area (Å²) in [6.07, 6.45) is 2.51. The fraction of sp³-hybridized carbons (Fsp3) is 0.556. The van der Waals surface area contributed by atoms with Crippen LogP contribution in [0, 0.1) is 12.8 Å². The second kappa shape index (κ2) is 5.06. The molecule has 0 saturated carbocycles. The number of nitrogens with one attached hydrogen (secondary N) is 1. The lowest BCUT2D eigenvalue weighted by Crippen LogP contribution is -2.47. The third-order valence-electron chi connectivity index (χ3n) is 5.60. The number of nitrogens with zero attached hydrogens (tertiary/aromatic N) is 1. The van der Waals surface area contributed by atoms with Crippen molar-refractivity contribution >= 4 is 17.6 Å². The van der Waals surface area contributed by atoms with Gasteiger partial charge in [-0.2, -0.15) is 0 Å². The topological polar surface area (TPSA) is 58.6 Å². The predicted octanol–water partition coefficient (Wildman–Crippen LogP) is 2.19. The van der Waals surface area contributed by atoms with Crippen molar-refractivity contribution in [3.05, 3.63) is 29.3 Å². The van der Waals surface area contributed by atoms with Crippen LogP contribution in [0.25, 0.3) is 0 Å². The summed E-state index contributed by atoms with van der Waals surface area (Å²) in [6, 6.07) is 6.19. The lowest BCUT2D eigenvalue weighted by molar-refractivity contribution is -0.148. The summed E-state index contributed by atoms with van der Waals surface area (Å²) in [5, 5.41) is 3.03. The third-order valence-corrected chi connectivity index (χ3v) is 5.60. The lowest BCUT2D eigenvalue weighted by Gasteiger charge is -2.32. The predicted molar refractivity (Wildman–Crippen MR) is 86.0 cm³/mol. The van der Waals surface area contributed by atoms with E-state index in [0.717, 1.165) is 36.2 Å². The van der Waals surface area contributed by atoms with Crippen LogP contribution in [0.3, 0.4) is 0 Å². The molecule has 2 fully saturated rings. The van der Waals surface area contributed by atoms with Crippen LogP contribution in [-0.4, -0.2) is 36.0 Å². The van der Waals surface area contributed by atoms with Crippen LogP contribution in [0.1, 0.15) is 37.3 Å². The number of fused-ring (bicyclic) bond motifs is 4. The van der Waals surface area contributed by atoms with Crippen LogP contribution in [0.2, 0.25) is 0 Å². The number of hydrogen-bond acceptors (Lipinski definition) is 4. The number of hydrogen-bond donors (Lipinski definition) is 1. The maximum Gasteiger partial charge on any atom is 0.310 e. The Bertz CT molecular complexity index is 687. The molecule has 1 aromatic rings. The SMILES string of the molecule is CCOC(=O)[C@H]1C[C@@]2(C(=O)Nc3ccc(C)cc32)N2CCC[C@H]12. The molecule has 23 heavy (non-hydrogen) atoms. The molecule has 0 aromatic heterocycles. The number of anilines is 1. The van der Waals surface area contributed by atoms with Crippen LogP contribution in [-0.2, 0) is 19.9 Å². The minimum atomic E-state index is -0.694. The molecule has 5 heteroatoms. The number of ether oxygens (including phenoxy) is 1. The smallest absolute Gasteiger partial charge is 0.310 e. The largest absolute Gasteiger partial charge is 0.466 e. The van der Waals surface area contributed by atoms with E-state index in [1.807, 2.05) is 26.0 Å². The molecule has 0 aliphatic carbocycles. The molecule has 1 spiro atoms. The number of carbonyl (C=O) groups is 2. The number of benzene rings is 1. The second-order valence-corrected chi connectivity index (χ2v) is 6.83. The van der Waals surface area contributed by atoms with Gasteiger partial charge in [0.05, 0.1) is 12.5 Å². The standard InChI is InChI=1S/C18H22N2O3/c1-3-23-16(21)12-10-18(20-8-4-5-15(12)20)13-9-11(2)6-7-14(13)19-17(18)22/h6-7,9,12,15H,3-5,8,10H2,1-2H3,(H,19,22)/t12-,15+,18+/m0/s1. The first-order valence-corrected chi connectivity index (χ1v) is 8.44. The maximum atomic E-state index is 12.9. The number of rotatable bonds is 2. The second-order valence-electron chi connectivity index (χ2n) is 6.83. The Balaban J connectivity index is 1.81. The van der Waals surface area contributed by atoms with Crippen molar-refractivity contribution in [2.75, 3.05) is 18.5 Å². The molecule has 122 valence electrons. The molecule has 3 atom stereocenters. The Hall–Kier alpha value is -1.88. The molecule has 3 heterocycles. The molecule has 2 saturated heterocycles. The number of amides is 1. The fourth-order valence-electron chi connectivity index (χ4n) is 4.69. The molecule has 0 bridgehead atoms. The Morgan fingerprint density at radius 3 is 3.09 bits per heavy atom. The van der Waals surface area contributed by atoms with Crippen molar-refractivity contribution in [1.29, 1.82) is 0 Å². The molecule has 0 unspecified atom stereocenters. The molecule has 5 nitrogen and oxygen atoms in total. The van der Waals surface area contributed by atoms with Crippen molar-refractivity contribution in [2.45, 2.75) is 44.7 Å². The highest BCUT2D eigenvalue weighted by atomic mass is 16.5. The highest BCUT2D eigenvalue weighted by Crippen LogP contribution is 2.54. The summed E-state index contributed by atoms with van der Waals surface area (Å²) in [5.74, 6) is -0.360. The van der Waals surface area contributed by atoms with Gasteiger partial charge in [0.25, 0.3) is 0 Å². The van der Waals surface area contributed by atoms with Crippen LogP contribution in [0.5, 0.6) is 0 Å². The summed E-state index contributed by atoms with van der Waals surface area (Å²) in [5.41, 5.74) is 2.35. The zero-order valence-corrected chi connectivity index (χ0v) is 13.6. The molecule has 0 radical (unpaired) electrons. The van der Waals surface area contributed by atoms with E-state index in [0.29, 0.717) is 13.0 Å². The van der Waals surface area contributed by atoms with E-state index >= 15 is 0 Å². The first kappa shape index (κ1) is 14.7. The van der Waals surface area contributed by atoms with Gasteiger partial charge in [-0.1, -0.05) is 17.7 Å². The van der Waals surface area contributed by atoms with Crippen molar-refractivity contribution in [3.8, 4) is 0 Å². The average Bonchev–Trinajstić information content (AvgIpc) is 3.16. The van der Waals surface area contributed by atoms with Crippen molar-refractivity contribution < 1.29 is 14.3 Å². The van der Waals surface area contributed by atoms with Crippen molar-refractivity contribution in [1.82, 2.24) is 4.90 Å². The Kier molecular flexibility index (Phi) is 3.23. The summed E-state index contributed by atoms with van der Waals surface area (Å²) >= 11 is 0. The molecule has 1 amide bonds. The van der Waals surface area contributed by atoms with Crippen LogP contribution in [0.4, 0.5) is 5.69 Å². The first-order valence-electron chi connectivity index (χ1n) is 8.44. The van der Waals surface area contributed by atoms with Crippen molar-refractivity contribution in [3.63, 3.8) is 0 Å². The first-order chi connectivity index (χ1) is 11.1.